The molecule has 3 heterocycles. The summed E-state index contributed by atoms with van der Waals surface area (Å²) < 4.78 is 1.92. The average Bonchev–Trinajstić information content (AvgIpc) is 3.40. The molecule has 0 fully saturated rings. The molecule has 0 saturated heterocycles. The quantitative estimate of drug-likeness (QED) is 0.182. The van der Waals surface area contributed by atoms with E-state index in [4.69, 9.17) is 15.7 Å². The molecular formula is C36H31N7O3. The number of amides is 2. The summed E-state index contributed by atoms with van der Waals surface area (Å²) in [6, 6.07) is 29.9. The van der Waals surface area contributed by atoms with Crippen molar-refractivity contribution in [1.29, 1.82) is 0 Å². The number of anilines is 3. The Hall–Kier alpha value is -6.16. The van der Waals surface area contributed by atoms with Gasteiger partial charge in [0.25, 0.3) is 0 Å². The van der Waals surface area contributed by atoms with E-state index in [9.17, 15) is 14.4 Å². The lowest BCUT2D eigenvalue weighted by Crippen LogP contribution is -2.14. The molecule has 0 aliphatic rings. The van der Waals surface area contributed by atoms with Gasteiger partial charge in [-0.15, -0.1) is 0 Å². The molecule has 6 rings (SSSR count). The maximum atomic E-state index is 12.9. The van der Waals surface area contributed by atoms with Gasteiger partial charge in [0.15, 0.2) is 11.5 Å². The van der Waals surface area contributed by atoms with Crippen LogP contribution in [0, 0.1) is 0 Å². The van der Waals surface area contributed by atoms with Gasteiger partial charge >= 0.3 is 0 Å². The van der Waals surface area contributed by atoms with Crippen molar-refractivity contribution in [3.05, 3.63) is 114 Å². The second-order valence-electron chi connectivity index (χ2n) is 11.0. The highest BCUT2D eigenvalue weighted by atomic mass is 16.2. The fourth-order valence-electron chi connectivity index (χ4n) is 5.31. The molecule has 3 aromatic heterocycles. The van der Waals surface area contributed by atoms with E-state index < -0.39 is 0 Å². The first-order chi connectivity index (χ1) is 22.2. The first kappa shape index (κ1) is 29.9. The molecule has 4 N–H and O–H groups in total. The third kappa shape index (κ3) is 6.66. The Morgan fingerprint density at radius 3 is 2.26 bits per heavy atom. The fraction of sp³-hybridized carbons (Fsp3) is 0.111. The first-order valence-corrected chi connectivity index (χ1v) is 14.7. The molecule has 0 unspecified atom stereocenters. The Labute approximate surface area is 265 Å². The smallest absolute Gasteiger partial charge is 0.228 e. The number of fused-ring (bicyclic) bond motifs is 1. The van der Waals surface area contributed by atoms with Crippen LogP contribution in [-0.2, 0) is 27.2 Å². The summed E-state index contributed by atoms with van der Waals surface area (Å²) in [5.74, 6) is 0.650. The third-order valence-corrected chi connectivity index (χ3v) is 7.29. The van der Waals surface area contributed by atoms with Gasteiger partial charge in [-0.3, -0.25) is 19.0 Å². The monoisotopic (exact) mass is 609 g/mol. The van der Waals surface area contributed by atoms with Crippen molar-refractivity contribution in [3.63, 3.8) is 0 Å². The zero-order valence-corrected chi connectivity index (χ0v) is 25.3. The molecule has 0 saturated carbocycles. The normalized spacial score (nSPS) is 10.9. The molecule has 2 amide bonds. The lowest BCUT2D eigenvalue weighted by molar-refractivity contribution is -0.116. The number of benzene rings is 3. The van der Waals surface area contributed by atoms with Crippen molar-refractivity contribution >= 4 is 46.0 Å². The summed E-state index contributed by atoms with van der Waals surface area (Å²) in [4.78, 5) is 50.2. The van der Waals surface area contributed by atoms with Crippen LogP contribution in [0.4, 0.5) is 17.2 Å². The fourth-order valence-corrected chi connectivity index (χ4v) is 5.31. The molecule has 10 heteroatoms. The number of pyridine rings is 2. The van der Waals surface area contributed by atoms with E-state index >= 15 is 0 Å². The number of nitrogen functional groups attached to an aromatic ring is 1. The number of hydrogen-bond acceptors (Lipinski definition) is 7. The van der Waals surface area contributed by atoms with Crippen molar-refractivity contribution in [2.75, 3.05) is 16.4 Å². The predicted molar refractivity (Wildman–Crippen MR) is 179 cm³/mol. The van der Waals surface area contributed by atoms with Gasteiger partial charge in [0.05, 0.1) is 17.7 Å². The van der Waals surface area contributed by atoms with Gasteiger partial charge in [-0.25, -0.2) is 15.0 Å². The number of carbonyl (C=O) groups is 3. The minimum absolute atomic E-state index is 0.0613. The summed E-state index contributed by atoms with van der Waals surface area (Å²) >= 11 is 0. The van der Waals surface area contributed by atoms with E-state index in [0.717, 1.165) is 22.4 Å². The van der Waals surface area contributed by atoms with Crippen molar-refractivity contribution in [2.24, 2.45) is 0 Å². The molecule has 46 heavy (non-hydrogen) atoms. The van der Waals surface area contributed by atoms with Crippen LogP contribution in [-0.4, -0.2) is 37.1 Å². The van der Waals surface area contributed by atoms with Gasteiger partial charge in [-0.1, -0.05) is 36.4 Å². The SMILES string of the molecule is CC(=O)Cc1cccc(NC(=O)Cc2ccc(-n3c(-c4cccnc4N)nc4ccc(-c5cccc(NC(C)=O)c5)nc43)cc2)c1. The number of imidazole rings is 1. The lowest BCUT2D eigenvalue weighted by atomic mass is 10.1. The van der Waals surface area contributed by atoms with E-state index in [0.29, 0.717) is 51.9 Å². The number of ketones is 1. The Bertz CT molecular complexity index is 2100. The second-order valence-corrected chi connectivity index (χ2v) is 11.0. The van der Waals surface area contributed by atoms with Crippen LogP contribution in [0.25, 0.3) is 39.5 Å². The molecule has 228 valence electrons. The summed E-state index contributed by atoms with van der Waals surface area (Å²) in [5.41, 5.74) is 13.5. The van der Waals surface area contributed by atoms with Gasteiger partial charge in [0.2, 0.25) is 11.8 Å². The molecule has 0 aliphatic heterocycles. The minimum Gasteiger partial charge on any atom is -0.383 e. The van der Waals surface area contributed by atoms with Crippen LogP contribution in [0.1, 0.15) is 25.0 Å². The van der Waals surface area contributed by atoms with Crippen molar-refractivity contribution in [1.82, 2.24) is 19.5 Å². The predicted octanol–water partition coefficient (Wildman–Crippen LogP) is 6.00. The maximum absolute atomic E-state index is 12.9. The van der Waals surface area contributed by atoms with Crippen molar-refractivity contribution < 1.29 is 14.4 Å². The molecule has 0 spiro atoms. The molecule has 3 aromatic carbocycles. The van der Waals surface area contributed by atoms with Crippen LogP contribution in [0.15, 0.2) is 103 Å². The topological polar surface area (TPSA) is 145 Å². The highest BCUT2D eigenvalue weighted by molar-refractivity contribution is 5.93. The maximum Gasteiger partial charge on any atom is 0.228 e. The van der Waals surface area contributed by atoms with E-state index in [1.165, 1.54) is 6.92 Å². The standard InChI is InChI=1S/C36H31N7O3/c1-22(44)18-25-6-3-8-27(19-25)40-33(46)20-24-11-13-29(14-12-24)43-35(30-10-5-17-38-34(30)37)42-32-16-15-31(41-36(32)43)26-7-4-9-28(21-26)39-23(2)45/h3-17,19,21H,18,20H2,1-2H3,(H2,37,38)(H,39,45)(H,40,46). The van der Waals surface area contributed by atoms with E-state index in [2.05, 4.69) is 15.6 Å². The molecule has 10 nitrogen and oxygen atoms in total. The lowest BCUT2D eigenvalue weighted by Gasteiger charge is -2.12. The number of nitrogens with one attached hydrogen (secondary N) is 2. The van der Waals surface area contributed by atoms with E-state index in [1.807, 2.05) is 89.5 Å². The molecule has 0 aliphatic carbocycles. The Morgan fingerprint density at radius 2 is 1.52 bits per heavy atom. The van der Waals surface area contributed by atoms with Crippen LogP contribution >= 0.6 is 0 Å². The largest absolute Gasteiger partial charge is 0.383 e. The van der Waals surface area contributed by atoms with Crippen LogP contribution in [0.5, 0.6) is 0 Å². The highest BCUT2D eigenvalue weighted by Crippen LogP contribution is 2.32. The molecule has 0 atom stereocenters. The van der Waals surface area contributed by atoms with Crippen LogP contribution in [0.3, 0.4) is 0 Å². The second kappa shape index (κ2) is 12.8. The Kier molecular flexibility index (Phi) is 8.34. The summed E-state index contributed by atoms with van der Waals surface area (Å²) in [6.45, 7) is 3.01. The van der Waals surface area contributed by atoms with Gasteiger partial charge in [0.1, 0.15) is 17.1 Å². The number of rotatable bonds is 9. The summed E-state index contributed by atoms with van der Waals surface area (Å²) in [7, 11) is 0. The van der Waals surface area contributed by atoms with E-state index in [1.54, 1.807) is 25.3 Å². The summed E-state index contributed by atoms with van der Waals surface area (Å²) in [5, 5.41) is 5.74. The average molecular weight is 610 g/mol. The third-order valence-electron chi connectivity index (χ3n) is 7.29. The Morgan fingerprint density at radius 1 is 0.761 bits per heavy atom. The molecule has 0 radical (unpaired) electrons. The number of nitrogens with two attached hydrogens (primary N) is 1. The van der Waals surface area contributed by atoms with Gasteiger partial charge < -0.3 is 16.4 Å². The minimum atomic E-state index is -0.169. The van der Waals surface area contributed by atoms with Crippen LogP contribution < -0.4 is 16.4 Å². The Balaban J connectivity index is 1.34. The van der Waals surface area contributed by atoms with Crippen molar-refractivity contribution in [2.45, 2.75) is 26.7 Å². The number of Topliss-reactive ketones (excluding diaryl/α,β-unsaturated/α-hetero) is 1. The van der Waals surface area contributed by atoms with Gasteiger partial charge in [-0.2, -0.15) is 0 Å². The zero-order chi connectivity index (χ0) is 32.2. The highest BCUT2D eigenvalue weighted by Gasteiger charge is 2.19. The number of nitrogens with zero attached hydrogens (tertiary/aromatic N) is 4. The number of carbonyl (C=O) groups excluding carboxylic acids is 3. The van der Waals surface area contributed by atoms with Gasteiger partial charge in [0, 0.05) is 42.2 Å². The van der Waals surface area contributed by atoms with Crippen LogP contribution in [0.2, 0.25) is 0 Å². The number of hydrogen-bond donors (Lipinski definition) is 3. The molecular weight excluding hydrogens is 578 g/mol. The van der Waals surface area contributed by atoms with E-state index in [-0.39, 0.29) is 24.0 Å². The molecule has 6 aromatic rings. The van der Waals surface area contributed by atoms with Crippen molar-refractivity contribution in [3.8, 4) is 28.3 Å². The summed E-state index contributed by atoms with van der Waals surface area (Å²) in [6.07, 6.45) is 2.11. The molecule has 0 bridgehead atoms. The first-order valence-electron chi connectivity index (χ1n) is 14.7. The number of aromatic nitrogens is 4. The van der Waals surface area contributed by atoms with Gasteiger partial charge in [-0.05, 0) is 78.7 Å². The zero-order valence-electron chi connectivity index (χ0n) is 25.3.